The number of amides is 1. The third-order valence-corrected chi connectivity index (χ3v) is 5.24. The number of sulfonamides is 1. The van der Waals surface area contributed by atoms with Crippen LogP contribution >= 0.6 is 23.2 Å². The maximum atomic E-state index is 12.0. The van der Waals surface area contributed by atoms with Gasteiger partial charge in [0.15, 0.2) is 0 Å². The van der Waals surface area contributed by atoms with Crippen LogP contribution in [0.3, 0.4) is 0 Å². The maximum Gasteiger partial charge on any atom is 0.248 e. The fraction of sp³-hybridized carbons (Fsp3) is 0.118. The smallest absolute Gasteiger partial charge is 0.248 e. The summed E-state index contributed by atoms with van der Waals surface area (Å²) in [5, 5.41) is 8.54. The number of aryl methyl sites for hydroxylation is 1. The molecule has 0 saturated heterocycles. The molecular weight excluding hydrogens is 383 g/mol. The molecule has 0 unspecified atom stereocenters. The predicted molar refractivity (Wildman–Crippen MR) is 101 cm³/mol. The summed E-state index contributed by atoms with van der Waals surface area (Å²) in [6.07, 6.45) is 3.31. The van der Waals surface area contributed by atoms with Gasteiger partial charge in [0.25, 0.3) is 0 Å². The van der Waals surface area contributed by atoms with Crippen molar-refractivity contribution in [2.75, 3.05) is 5.32 Å². The number of carbonyl (C=O) groups is 1. The number of benzene rings is 2. The van der Waals surface area contributed by atoms with Crippen molar-refractivity contribution in [2.24, 2.45) is 5.14 Å². The highest BCUT2D eigenvalue weighted by atomic mass is 35.5. The number of nitrogens with one attached hydrogen (secondary N) is 1. The molecule has 0 aliphatic heterocycles. The number of rotatable bonds is 5. The molecule has 0 bridgehead atoms. The van der Waals surface area contributed by atoms with Crippen molar-refractivity contribution in [2.45, 2.75) is 18.2 Å². The number of hydrogen-bond donors (Lipinski definition) is 2. The van der Waals surface area contributed by atoms with Gasteiger partial charge in [0.05, 0.1) is 14.9 Å². The Bertz CT molecular complexity index is 941. The first-order chi connectivity index (χ1) is 11.7. The zero-order chi connectivity index (χ0) is 18.6. The lowest BCUT2D eigenvalue weighted by atomic mass is 10.1. The number of anilines is 1. The van der Waals surface area contributed by atoms with Crippen LogP contribution in [0.2, 0.25) is 10.0 Å². The van der Waals surface area contributed by atoms with Crippen molar-refractivity contribution in [1.29, 1.82) is 0 Å². The molecule has 0 spiro atoms. The minimum absolute atomic E-state index is 0.00494. The Morgan fingerprint density at radius 2 is 1.96 bits per heavy atom. The molecule has 2 rings (SSSR count). The van der Waals surface area contributed by atoms with E-state index in [2.05, 4.69) is 5.32 Å². The first-order valence-corrected chi connectivity index (χ1v) is 9.61. The first kappa shape index (κ1) is 19.5. The fourth-order valence-electron chi connectivity index (χ4n) is 2.19. The second-order valence-corrected chi connectivity index (χ2v) is 7.50. The molecular formula is C17H16Cl2N2O3S. The molecule has 0 aliphatic carbocycles. The number of carbonyl (C=O) groups excluding carboxylic acids is 1. The molecule has 8 heteroatoms. The summed E-state index contributed by atoms with van der Waals surface area (Å²) >= 11 is 12.0. The molecule has 0 aromatic heterocycles. The fourth-order valence-corrected chi connectivity index (χ4v) is 3.43. The molecule has 1 amide bonds. The van der Waals surface area contributed by atoms with Gasteiger partial charge in [0.1, 0.15) is 0 Å². The average molecular weight is 399 g/mol. The lowest BCUT2D eigenvalue weighted by Crippen LogP contribution is -2.15. The molecule has 132 valence electrons. The molecule has 0 saturated carbocycles. The van der Waals surface area contributed by atoms with Crippen LogP contribution in [0.4, 0.5) is 5.69 Å². The topological polar surface area (TPSA) is 89.3 Å². The van der Waals surface area contributed by atoms with Crippen molar-refractivity contribution < 1.29 is 13.2 Å². The van der Waals surface area contributed by atoms with Crippen LogP contribution in [0.5, 0.6) is 0 Å². The maximum absolute atomic E-state index is 12.0. The van der Waals surface area contributed by atoms with Crippen LogP contribution in [-0.2, 0) is 21.2 Å². The third kappa shape index (κ3) is 5.06. The van der Waals surface area contributed by atoms with Gasteiger partial charge in [-0.25, -0.2) is 13.6 Å². The van der Waals surface area contributed by atoms with E-state index >= 15 is 0 Å². The zero-order valence-corrected chi connectivity index (χ0v) is 15.6. The van der Waals surface area contributed by atoms with Crippen molar-refractivity contribution in [1.82, 2.24) is 0 Å². The van der Waals surface area contributed by atoms with Crippen LogP contribution < -0.4 is 10.5 Å². The highest BCUT2D eigenvalue weighted by Gasteiger charge is 2.14. The molecule has 2 aromatic carbocycles. The summed E-state index contributed by atoms with van der Waals surface area (Å²) in [7, 11) is -3.87. The van der Waals surface area contributed by atoms with Gasteiger partial charge in [-0.1, -0.05) is 48.3 Å². The minimum atomic E-state index is -3.87. The molecule has 3 N–H and O–H groups in total. The van der Waals surface area contributed by atoms with E-state index in [9.17, 15) is 13.2 Å². The second kappa shape index (κ2) is 8.01. The van der Waals surface area contributed by atoms with Crippen molar-refractivity contribution in [3.63, 3.8) is 0 Å². The standard InChI is InChI=1S/C17H16Cl2N2O3S/c1-2-11-6-8-13(10-15(11)25(20,23)24)21-16(22)9-7-12-4-3-5-14(18)17(12)19/h3-10H,2H2,1H3,(H,21,22)(H2,20,23,24)/b9-7+. The highest BCUT2D eigenvalue weighted by molar-refractivity contribution is 7.89. The second-order valence-electron chi connectivity index (χ2n) is 5.19. The predicted octanol–water partition coefficient (Wildman–Crippen LogP) is 3.86. The Kier molecular flexibility index (Phi) is 6.24. The van der Waals surface area contributed by atoms with Crippen molar-refractivity contribution in [3.8, 4) is 0 Å². The van der Waals surface area contributed by atoms with Crippen LogP contribution in [0, 0.1) is 0 Å². The van der Waals surface area contributed by atoms with Gasteiger partial charge in [-0.2, -0.15) is 0 Å². The molecule has 0 aliphatic rings. The minimum Gasteiger partial charge on any atom is -0.322 e. The zero-order valence-electron chi connectivity index (χ0n) is 13.3. The van der Waals surface area contributed by atoms with E-state index in [0.717, 1.165) is 0 Å². The van der Waals surface area contributed by atoms with Gasteiger partial charge in [0, 0.05) is 11.8 Å². The Balaban J connectivity index is 2.21. The third-order valence-electron chi connectivity index (χ3n) is 3.42. The van der Waals surface area contributed by atoms with Crippen LogP contribution in [0.1, 0.15) is 18.1 Å². The molecule has 2 aromatic rings. The lowest BCUT2D eigenvalue weighted by molar-refractivity contribution is -0.111. The summed E-state index contributed by atoms with van der Waals surface area (Å²) in [6.45, 7) is 1.82. The van der Waals surface area contributed by atoms with Crippen LogP contribution in [0.25, 0.3) is 6.08 Å². The van der Waals surface area contributed by atoms with Gasteiger partial charge < -0.3 is 5.32 Å². The Hall–Kier alpha value is -1.86. The number of primary sulfonamides is 1. The van der Waals surface area contributed by atoms with Gasteiger partial charge in [0.2, 0.25) is 15.9 Å². The quantitative estimate of drug-likeness (QED) is 0.749. The highest BCUT2D eigenvalue weighted by Crippen LogP contribution is 2.26. The summed E-state index contributed by atoms with van der Waals surface area (Å²) in [4.78, 5) is 12.0. The number of halogens is 2. The van der Waals surface area contributed by atoms with E-state index in [1.54, 1.807) is 30.3 Å². The molecule has 0 radical (unpaired) electrons. The van der Waals surface area contributed by atoms with E-state index < -0.39 is 15.9 Å². The number of hydrogen-bond acceptors (Lipinski definition) is 3. The van der Waals surface area contributed by atoms with E-state index in [1.165, 1.54) is 18.2 Å². The van der Waals surface area contributed by atoms with E-state index in [-0.39, 0.29) is 4.90 Å². The molecule has 25 heavy (non-hydrogen) atoms. The molecule has 0 atom stereocenters. The monoisotopic (exact) mass is 398 g/mol. The van der Waals surface area contributed by atoms with Crippen molar-refractivity contribution in [3.05, 3.63) is 63.6 Å². The lowest BCUT2D eigenvalue weighted by Gasteiger charge is -2.09. The summed E-state index contributed by atoms with van der Waals surface area (Å²) in [5.41, 5.74) is 1.51. The van der Waals surface area contributed by atoms with Gasteiger partial charge >= 0.3 is 0 Å². The van der Waals surface area contributed by atoms with E-state index in [4.69, 9.17) is 28.3 Å². The van der Waals surface area contributed by atoms with Crippen LogP contribution in [-0.4, -0.2) is 14.3 Å². The first-order valence-electron chi connectivity index (χ1n) is 7.31. The normalized spacial score (nSPS) is 11.7. The Morgan fingerprint density at radius 3 is 2.60 bits per heavy atom. The number of nitrogens with two attached hydrogens (primary N) is 1. The average Bonchev–Trinajstić information content (AvgIpc) is 2.55. The Morgan fingerprint density at radius 1 is 1.24 bits per heavy atom. The molecule has 0 heterocycles. The van der Waals surface area contributed by atoms with Gasteiger partial charge in [-0.3, -0.25) is 4.79 Å². The summed E-state index contributed by atoms with van der Waals surface area (Å²) in [5.74, 6) is -0.444. The largest absolute Gasteiger partial charge is 0.322 e. The van der Waals surface area contributed by atoms with Crippen molar-refractivity contribution >= 4 is 50.9 Å². The van der Waals surface area contributed by atoms with Gasteiger partial charge in [-0.05, 0) is 41.8 Å². The van der Waals surface area contributed by atoms with Crippen LogP contribution in [0.15, 0.2) is 47.4 Å². The molecule has 0 fully saturated rings. The Labute approximate surface area is 156 Å². The van der Waals surface area contributed by atoms with E-state index in [1.807, 2.05) is 6.92 Å². The SMILES string of the molecule is CCc1ccc(NC(=O)/C=C/c2cccc(Cl)c2Cl)cc1S(N)(=O)=O. The molecule has 5 nitrogen and oxygen atoms in total. The summed E-state index contributed by atoms with van der Waals surface area (Å²) < 4.78 is 23.3. The van der Waals surface area contributed by atoms with E-state index in [0.29, 0.717) is 33.3 Å². The summed E-state index contributed by atoms with van der Waals surface area (Å²) in [6, 6.07) is 9.65. The van der Waals surface area contributed by atoms with Gasteiger partial charge in [-0.15, -0.1) is 0 Å².